The molecule has 0 aromatic heterocycles. The van der Waals surface area contributed by atoms with Crippen LogP contribution in [0.4, 0.5) is 0 Å². The molecule has 1 aliphatic rings. The molecule has 1 fully saturated rings. The molecule has 1 saturated heterocycles. The zero-order valence-electron chi connectivity index (χ0n) is 9.65. The van der Waals surface area contributed by atoms with Crippen LogP contribution in [0.2, 0.25) is 0 Å². The van der Waals surface area contributed by atoms with Gasteiger partial charge in [0.25, 0.3) is 0 Å². The predicted molar refractivity (Wildman–Crippen MR) is 72.8 cm³/mol. The minimum Gasteiger partial charge on any atom is -0.314 e. The lowest BCUT2D eigenvalue weighted by molar-refractivity contribution is 0.254. The van der Waals surface area contributed by atoms with Gasteiger partial charge >= 0.3 is 0 Å². The van der Waals surface area contributed by atoms with Gasteiger partial charge in [0.15, 0.2) is 9.84 Å². The number of nitrogens with one attached hydrogen (secondary N) is 1. The number of sulfone groups is 1. The second-order valence-electron chi connectivity index (χ2n) is 3.74. The summed E-state index contributed by atoms with van der Waals surface area (Å²) in [5, 5.41) is 3.25. The molecule has 1 N–H and O–H groups in total. The van der Waals surface area contributed by atoms with Crippen LogP contribution in [0.25, 0.3) is 0 Å². The molecule has 100 valence electrons. The molecule has 0 aromatic rings. The quantitative estimate of drug-likeness (QED) is 0.805. The van der Waals surface area contributed by atoms with E-state index in [-0.39, 0.29) is 24.8 Å². The first kappa shape index (κ1) is 18.8. The Bertz CT molecular complexity index is 254. The van der Waals surface area contributed by atoms with E-state index >= 15 is 0 Å². The molecular weight excluding hydrogens is 271 g/mol. The van der Waals surface area contributed by atoms with Crippen molar-refractivity contribution in [2.45, 2.75) is 13.3 Å². The van der Waals surface area contributed by atoms with Gasteiger partial charge in [-0.2, -0.15) is 0 Å². The molecule has 16 heavy (non-hydrogen) atoms. The third-order valence-electron chi connectivity index (χ3n) is 2.44. The SMILES string of the molecule is CCCS(=O)(=O)CCN1CCNCC1.Cl.Cl. The van der Waals surface area contributed by atoms with E-state index in [1.165, 1.54) is 0 Å². The van der Waals surface area contributed by atoms with E-state index in [4.69, 9.17) is 0 Å². The number of hydrogen-bond donors (Lipinski definition) is 1. The summed E-state index contributed by atoms with van der Waals surface area (Å²) < 4.78 is 22.9. The minimum atomic E-state index is -2.79. The average molecular weight is 293 g/mol. The molecule has 0 radical (unpaired) electrons. The molecule has 0 aromatic carbocycles. The van der Waals surface area contributed by atoms with Crippen LogP contribution in [0, 0.1) is 0 Å². The number of hydrogen-bond acceptors (Lipinski definition) is 4. The van der Waals surface area contributed by atoms with Gasteiger partial charge in [-0.15, -0.1) is 24.8 Å². The Hall–Kier alpha value is 0.450. The topological polar surface area (TPSA) is 49.4 Å². The molecule has 0 unspecified atom stereocenters. The second kappa shape index (κ2) is 9.48. The smallest absolute Gasteiger partial charge is 0.151 e. The van der Waals surface area contributed by atoms with Crippen molar-refractivity contribution < 1.29 is 8.42 Å². The van der Waals surface area contributed by atoms with Crippen molar-refractivity contribution in [1.82, 2.24) is 10.2 Å². The number of rotatable bonds is 5. The molecule has 0 bridgehead atoms. The van der Waals surface area contributed by atoms with Crippen molar-refractivity contribution >= 4 is 34.7 Å². The van der Waals surface area contributed by atoms with Crippen molar-refractivity contribution in [2.24, 2.45) is 0 Å². The van der Waals surface area contributed by atoms with Crippen molar-refractivity contribution in [3.05, 3.63) is 0 Å². The molecule has 0 amide bonds. The zero-order chi connectivity index (χ0) is 10.4. The summed E-state index contributed by atoms with van der Waals surface area (Å²) in [6, 6.07) is 0. The number of halogens is 2. The summed E-state index contributed by atoms with van der Waals surface area (Å²) in [4.78, 5) is 2.21. The Kier molecular flexibility index (Phi) is 11.1. The lowest BCUT2D eigenvalue weighted by Gasteiger charge is -2.26. The van der Waals surface area contributed by atoms with Crippen molar-refractivity contribution in [3.8, 4) is 0 Å². The fraction of sp³-hybridized carbons (Fsp3) is 1.00. The van der Waals surface area contributed by atoms with Crippen LogP contribution in [0.1, 0.15) is 13.3 Å². The standard InChI is InChI=1S/C9H20N2O2S.2ClH/c1-2-8-14(12,13)9-7-11-5-3-10-4-6-11;;/h10H,2-9H2,1H3;2*1H. The third-order valence-corrected chi connectivity index (χ3v) is 4.28. The van der Waals surface area contributed by atoms with E-state index in [1.54, 1.807) is 0 Å². The van der Waals surface area contributed by atoms with Gasteiger partial charge in [0, 0.05) is 38.5 Å². The highest BCUT2D eigenvalue weighted by atomic mass is 35.5. The van der Waals surface area contributed by atoms with Crippen LogP contribution in [0.5, 0.6) is 0 Å². The first-order chi connectivity index (χ1) is 6.64. The summed E-state index contributed by atoms with van der Waals surface area (Å²) in [7, 11) is -2.79. The first-order valence-electron chi connectivity index (χ1n) is 5.27. The lowest BCUT2D eigenvalue weighted by atomic mass is 10.4. The molecular formula is C9H22Cl2N2O2S. The van der Waals surface area contributed by atoms with Crippen LogP contribution in [-0.2, 0) is 9.84 Å². The summed E-state index contributed by atoms with van der Waals surface area (Å²) >= 11 is 0. The maximum absolute atomic E-state index is 11.4. The first-order valence-corrected chi connectivity index (χ1v) is 7.09. The Morgan fingerprint density at radius 3 is 2.19 bits per heavy atom. The van der Waals surface area contributed by atoms with E-state index in [1.807, 2.05) is 6.92 Å². The van der Waals surface area contributed by atoms with Crippen LogP contribution >= 0.6 is 24.8 Å². The van der Waals surface area contributed by atoms with Gasteiger partial charge in [0.05, 0.1) is 5.75 Å². The Morgan fingerprint density at radius 1 is 1.12 bits per heavy atom. The van der Waals surface area contributed by atoms with Gasteiger partial charge in [-0.25, -0.2) is 8.42 Å². The number of piperazine rings is 1. The summed E-state index contributed by atoms with van der Waals surface area (Å²) in [6.07, 6.45) is 0.726. The van der Waals surface area contributed by atoms with E-state index < -0.39 is 9.84 Å². The van der Waals surface area contributed by atoms with Gasteiger partial charge in [-0.1, -0.05) is 6.92 Å². The largest absolute Gasteiger partial charge is 0.314 e. The van der Waals surface area contributed by atoms with Gasteiger partial charge in [-0.05, 0) is 6.42 Å². The third kappa shape index (κ3) is 7.68. The highest BCUT2D eigenvalue weighted by Gasteiger charge is 2.14. The van der Waals surface area contributed by atoms with Gasteiger partial charge in [0.1, 0.15) is 0 Å². The highest BCUT2D eigenvalue weighted by molar-refractivity contribution is 7.91. The van der Waals surface area contributed by atoms with Crippen molar-refractivity contribution in [2.75, 3.05) is 44.2 Å². The van der Waals surface area contributed by atoms with Crippen LogP contribution in [0.3, 0.4) is 0 Å². The fourth-order valence-electron chi connectivity index (χ4n) is 1.62. The average Bonchev–Trinajstić information content (AvgIpc) is 2.17. The lowest BCUT2D eigenvalue weighted by Crippen LogP contribution is -2.45. The van der Waals surface area contributed by atoms with Crippen LogP contribution < -0.4 is 5.32 Å². The second-order valence-corrected chi connectivity index (χ2v) is 6.05. The predicted octanol–water partition coefficient (Wildman–Crippen LogP) is 0.560. The highest BCUT2D eigenvalue weighted by Crippen LogP contribution is 1.97. The maximum Gasteiger partial charge on any atom is 0.151 e. The molecule has 1 aliphatic heterocycles. The Labute approximate surface area is 111 Å². The van der Waals surface area contributed by atoms with Gasteiger partial charge < -0.3 is 5.32 Å². The summed E-state index contributed by atoms with van der Waals surface area (Å²) in [5.74, 6) is 0.653. The Morgan fingerprint density at radius 2 is 1.69 bits per heavy atom. The molecule has 0 saturated carbocycles. The molecule has 1 rings (SSSR count). The van der Waals surface area contributed by atoms with E-state index in [2.05, 4.69) is 10.2 Å². The molecule has 0 spiro atoms. The van der Waals surface area contributed by atoms with Crippen LogP contribution in [-0.4, -0.2) is 57.5 Å². The fourth-order valence-corrected chi connectivity index (χ4v) is 2.98. The van der Waals surface area contributed by atoms with Crippen LogP contribution in [0.15, 0.2) is 0 Å². The maximum atomic E-state index is 11.4. The molecule has 7 heteroatoms. The van der Waals surface area contributed by atoms with Crippen molar-refractivity contribution in [1.29, 1.82) is 0 Å². The summed E-state index contributed by atoms with van der Waals surface area (Å²) in [6.45, 7) is 6.51. The van der Waals surface area contributed by atoms with Crippen molar-refractivity contribution in [3.63, 3.8) is 0 Å². The van der Waals surface area contributed by atoms with E-state index in [0.29, 0.717) is 18.1 Å². The zero-order valence-corrected chi connectivity index (χ0v) is 12.1. The number of nitrogens with zero attached hydrogens (tertiary/aromatic N) is 1. The summed E-state index contributed by atoms with van der Waals surface area (Å²) in [5.41, 5.74) is 0. The van der Waals surface area contributed by atoms with E-state index in [9.17, 15) is 8.42 Å². The van der Waals surface area contributed by atoms with Gasteiger partial charge in [-0.3, -0.25) is 4.90 Å². The van der Waals surface area contributed by atoms with E-state index in [0.717, 1.165) is 32.6 Å². The van der Waals surface area contributed by atoms with Gasteiger partial charge in [0.2, 0.25) is 0 Å². The molecule has 0 atom stereocenters. The normalized spacial score (nSPS) is 17.3. The Balaban J connectivity index is 0. The molecule has 4 nitrogen and oxygen atoms in total. The molecule has 0 aliphatic carbocycles. The minimum absolute atomic E-state index is 0. The monoisotopic (exact) mass is 292 g/mol. The molecule has 1 heterocycles.